The van der Waals surface area contributed by atoms with Crippen LogP contribution < -0.4 is 0 Å². The van der Waals surface area contributed by atoms with E-state index in [9.17, 15) is 9.59 Å². The highest BCUT2D eigenvalue weighted by atomic mass is 79.9. The molecule has 3 unspecified atom stereocenters. The molecule has 3 rings (SSSR count). The highest BCUT2D eigenvalue weighted by Crippen LogP contribution is 2.47. The zero-order valence-electron chi connectivity index (χ0n) is 7.42. The first-order valence-corrected chi connectivity index (χ1v) is 5.82. The van der Waals surface area contributed by atoms with Crippen LogP contribution in [0, 0.1) is 5.92 Å². The summed E-state index contributed by atoms with van der Waals surface area (Å²) in [7, 11) is 0. The minimum absolute atomic E-state index is 0.0137. The number of esters is 1. The molecule has 0 aromatic rings. The molecule has 3 atom stereocenters. The zero-order chi connectivity index (χ0) is 10.5. The molecule has 14 heavy (non-hydrogen) atoms. The van der Waals surface area contributed by atoms with Crippen molar-refractivity contribution in [2.45, 2.75) is 23.8 Å². The lowest BCUT2D eigenvalue weighted by molar-refractivity contribution is -0.160. The summed E-state index contributed by atoms with van der Waals surface area (Å²) in [4.78, 5) is 22.9. The molecule has 2 aliphatic heterocycles. The first kappa shape index (κ1) is 10.4. The molecule has 1 saturated heterocycles. The van der Waals surface area contributed by atoms with Crippen molar-refractivity contribution in [3.8, 4) is 0 Å². The standard InChI is InChI=1S/C9H8Br2O3/c1-4(12)5-2-7-6(10)3-9(5,11)8(13)14-7/h3,5,7H,2H2,1H3. The van der Waals surface area contributed by atoms with Crippen LogP contribution in [0.25, 0.3) is 0 Å². The lowest BCUT2D eigenvalue weighted by atomic mass is 9.78. The molecule has 0 saturated carbocycles. The van der Waals surface area contributed by atoms with Crippen molar-refractivity contribution in [1.82, 2.24) is 0 Å². The summed E-state index contributed by atoms with van der Waals surface area (Å²) < 4.78 is 5.02. The van der Waals surface area contributed by atoms with Crippen molar-refractivity contribution in [2.24, 2.45) is 5.92 Å². The van der Waals surface area contributed by atoms with E-state index in [1.165, 1.54) is 6.92 Å². The van der Waals surface area contributed by atoms with Crippen LogP contribution in [0.3, 0.4) is 0 Å². The molecule has 3 aliphatic rings. The fourth-order valence-electron chi connectivity index (χ4n) is 1.88. The van der Waals surface area contributed by atoms with Crippen LogP contribution in [0.5, 0.6) is 0 Å². The van der Waals surface area contributed by atoms with Gasteiger partial charge in [0, 0.05) is 10.9 Å². The maximum absolute atomic E-state index is 11.6. The molecular formula is C9H8Br2O3. The first-order chi connectivity index (χ1) is 6.45. The summed E-state index contributed by atoms with van der Waals surface area (Å²) >= 11 is 6.63. The Morgan fingerprint density at radius 2 is 2.36 bits per heavy atom. The predicted octanol–water partition coefficient (Wildman–Crippen LogP) is 1.93. The second kappa shape index (κ2) is 3.17. The Morgan fingerprint density at radius 1 is 1.71 bits per heavy atom. The summed E-state index contributed by atoms with van der Waals surface area (Å²) in [6, 6.07) is 0. The fraction of sp³-hybridized carbons (Fsp3) is 0.556. The number of carbonyl (C=O) groups is 2. The smallest absolute Gasteiger partial charge is 0.328 e. The van der Waals surface area contributed by atoms with Gasteiger partial charge in [-0.1, -0.05) is 31.9 Å². The Bertz CT molecular complexity index is 350. The Morgan fingerprint density at radius 3 is 2.93 bits per heavy atom. The molecule has 3 nitrogen and oxygen atoms in total. The van der Waals surface area contributed by atoms with Crippen molar-refractivity contribution in [3.05, 3.63) is 10.6 Å². The van der Waals surface area contributed by atoms with E-state index in [0.29, 0.717) is 6.42 Å². The SMILES string of the molecule is CC(=O)C1CC2OC(=O)C1(Br)C=C2Br. The molecule has 2 bridgehead atoms. The monoisotopic (exact) mass is 322 g/mol. The summed E-state index contributed by atoms with van der Waals surface area (Å²) in [5.41, 5.74) is 0. The molecule has 0 N–H and O–H groups in total. The third-order valence-corrected chi connectivity index (χ3v) is 4.51. The van der Waals surface area contributed by atoms with Crippen molar-refractivity contribution in [1.29, 1.82) is 0 Å². The quantitative estimate of drug-likeness (QED) is 0.547. The van der Waals surface area contributed by atoms with Gasteiger partial charge in [0.25, 0.3) is 0 Å². The normalized spacial score (nSPS) is 40.5. The van der Waals surface area contributed by atoms with Crippen molar-refractivity contribution < 1.29 is 14.3 Å². The summed E-state index contributed by atoms with van der Waals surface area (Å²) in [6.07, 6.45) is 2.01. The number of alkyl halides is 1. The van der Waals surface area contributed by atoms with Crippen molar-refractivity contribution in [3.63, 3.8) is 0 Å². The highest BCUT2D eigenvalue weighted by molar-refractivity contribution is 9.12. The molecule has 0 radical (unpaired) electrons. The number of hydrogen-bond acceptors (Lipinski definition) is 3. The van der Waals surface area contributed by atoms with E-state index in [2.05, 4.69) is 31.9 Å². The Kier molecular flexibility index (Phi) is 2.34. The van der Waals surface area contributed by atoms with Gasteiger partial charge in [-0.25, -0.2) is 0 Å². The van der Waals surface area contributed by atoms with Crippen LogP contribution in [0.1, 0.15) is 13.3 Å². The molecule has 1 fully saturated rings. The van der Waals surface area contributed by atoms with Crippen LogP contribution in [-0.4, -0.2) is 22.2 Å². The van der Waals surface area contributed by atoms with Crippen molar-refractivity contribution in [2.75, 3.05) is 0 Å². The summed E-state index contributed by atoms with van der Waals surface area (Å²) in [5.74, 6) is -0.660. The Balaban J connectivity index is 2.47. The highest BCUT2D eigenvalue weighted by Gasteiger charge is 2.55. The molecule has 0 amide bonds. The van der Waals surface area contributed by atoms with Gasteiger partial charge in [0.2, 0.25) is 0 Å². The average Bonchev–Trinajstić information content (AvgIpc) is 2.06. The van der Waals surface area contributed by atoms with Gasteiger partial charge in [-0.3, -0.25) is 9.59 Å². The number of ether oxygens (including phenoxy) is 1. The van der Waals surface area contributed by atoms with Crippen molar-refractivity contribution >= 4 is 43.6 Å². The second-order valence-corrected chi connectivity index (χ2v) is 5.82. The Hall–Kier alpha value is -0.160. The fourth-order valence-corrected chi connectivity index (χ4v) is 3.68. The Labute approximate surface area is 98.1 Å². The van der Waals surface area contributed by atoms with E-state index in [-0.39, 0.29) is 23.8 Å². The van der Waals surface area contributed by atoms with E-state index in [0.717, 1.165) is 4.48 Å². The van der Waals surface area contributed by atoms with Gasteiger partial charge in [-0.15, -0.1) is 0 Å². The third-order valence-electron chi connectivity index (χ3n) is 2.67. The van der Waals surface area contributed by atoms with Crippen LogP contribution in [0.2, 0.25) is 0 Å². The number of hydrogen-bond donors (Lipinski definition) is 0. The summed E-state index contributed by atoms with van der Waals surface area (Å²) in [6.45, 7) is 1.50. The van der Waals surface area contributed by atoms with E-state index < -0.39 is 4.32 Å². The van der Waals surface area contributed by atoms with Gasteiger partial charge in [-0.05, 0) is 13.0 Å². The largest absolute Gasteiger partial charge is 0.456 e. The molecule has 0 spiro atoms. The lowest BCUT2D eigenvalue weighted by Crippen LogP contribution is -2.54. The predicted molar refractivity (Wildman–Crippen MR) is 57.3 cm³/mol. The van der Waals surface area contributed by atoms with Gasteiger partial charge >= 0.3 is 5.97 Å². The van der Waals surface area contributed by atoms with Gasteiger partial charge in [0.1, 0.15) is 11.9 Å². The van der Waals surface area contributed by atoms with Crippen LogP contribution in [0.15, 0.2) is 10.6 Å². The van der Waals surface area contributed by atoms with Crippen LogP contribution in [0.4, 0.5) is 0 Å². The van der Waals surface area contributed by atoms with E-state index >= 15 is 0 Å². The van der Waals surface area contributed by atoms with Gasteiger partial charge in [-0.2, -0.15) is 0 Å². The maximum Gasteiger partial charge on any atom is 0.328 e. The van der Waals surface area contributed by atoms with E-state index in [1.807, 2.05) is 0 Å². The average molecular weight is 324 g/mol. The van der Waals surface area contributed by atoms with Crippen LogP contribution >= 0.6 is 31.9 Å². The zero-order valence-corrected chi connectivity index (χ0v) is 10.6. The second-order valence-electron chi connectivity index (χ2n) is 3.59. The van der Waals surface area contributed by atoms with Gasteiger partial charge in [0.15, 0.2) is 4.32 Å². The number of Topliss-reactive ketones (excluding diaryl/α,β-unsaturated/α-hetero) is 1. The topological polar surface area (TPSA) is 43.4 Å². The molecule has 0 aromatic heterocycles. The van der Waals surface area contributed by atoms with E-state index in [1.54, 1.807) is 6.08 Å². The molecule has 1 aliphatic carbocycles. The number of carbonyl (C=O) groups excluding carboxylic acids is 2. The minimum atomic E-state index is -0.952. The molecule has 5 heteroatoms. The van der Waals surface area contributed by atoms with Crippen LogP contribution in [-0.2, 0) is 14.3 Å². The first-order valence-electron chi connectivity index (χ1n) is 4.24. The maximum atomic E-state index is 11.6. The number of fused-ring (bicyclic) bond motifs is 2. The summed E-state index contributed by atoms with van der Waals surface area (Å²) in [5, 5.41) is 0. The molecular weight excluding hydrogens is 316 g/mol. The number of rotatable bonds is 1. The van der Waals surface area contributed by atoms with Gasteiger partial charge < -0.3 is 4.74 Å². The molecule has 76 valence electrons. The third kappa shape index (κ3) is 1.29. The van der Waals surface area contributed by atoms with E-state index in [4.69, 9.17) is 4.74 Å². The molecule has 2 heterocycles. The number of ketones is 1. The minimum Gasteiger partial charge on any atom is -0.456 e. The number of halogens is 2. The lowest BCUT2D eigenvalue weighted by Gasteiger charge is -2.42. The molecule has 0 aromatic carbocycles. The van der Waals surface area contributed by atoms with Gasteiger partial charge in [0.05, 0.1) is 5.92 Å².